The minimum absolute atomic E-state index is 0.0383. The van der Waals surface area contributed by atoms with E-state index in [4.69, 9.17) is 4.74 Å². The molecule has 1 aromatic carbocycles. The zero-order chi connectivity index (χ0) is 20.4. The Bertz CT molecular complexity index is 1010. The minimum atomic E-state index is -0.117. The van der Waals surface area contributed by atoms with E-state index in [9.17, 15) is 4.79 Å². The molecule has 0 radical (unpaired) electrons. The van der Waals surface area contributed by atoms with Crippen molar-refractivity contribution in [3.63, 3.8) is 0 Å². The molecule has 1 N–H and O–H groups in total. The average Bonchev–Trinajstić information content (AvgIpc) is 3.32. The van der Waals surface area contributed by atoms with Crippen LogP contribution in [0, 0.1) is 5.92 Å². The topological polar surface area (TPSA) is 86.9 Å². The van der Waals surface area contributed by atoms with Gasteiger partial charge >= 0.3 is 0 Å². The first-order valence-electron chi connectivity index (χ1n) is 9.96. The number of nitrogens with one attached hydrogen (secondary N) is 1. The van der Waals surface area contributed by atoms with E-state index in [2.05, 4.69) is 25.2 Å². The van der Waals surface area contributed by atoms with Gasteiger partial charge < -0.3 is 14.6 Å². The smallest absolute Gasteiger partial charge is 0.225 e. The Hall–Kier alpha value is -3.16. The van der Waals surface area contributed by atoms with Crippen LogP contribution in [0.15, 0.2) is 30.3 Å². The second-order valence-corrected chi connectivity index (χ2v) is 7.28. The summed E-state index contributed by atoms with van der Waals surface area (Å²) in [5.41, 5.74) is 2.90. The Morgan fingerprint density at radius 1 is 1.28 bits per heavy atom. The summed E-state index contributed by atoms with van der Waals surface area (Å²) in [6, 6.07) is 9.97. The quantitative estimate of drug-likeness (QED) is 0.692. The van der Waals surface area contributed by atoms with Gasteiger partial charge in [-0.15, -0.1) is 10.2 Å². The molecule has 1 aliphatic rings. The number of aromatic nitrogens is 5. The summed E-state index contributed by atoms with van der Waals surface area (Å²) in [4.78, 5) is 12.9. The molecule has 1 atom stereocenters. The van der Waals surface area contributed by atoms with E-state index in [-0.39, 0.29) is 11.8 Å². The van der Waals surface area contributed by atoms with Gasteiger partial charge in [0.25, 0.3) is 0 Å². The molecule has 0 bridgehead atoms. The molecule has 2 aromatic heterocycles. The first-order valence-corrected chi connectivity index (χ1v) is 9.96. The Morgan fingerprint density at radius 2 is 2.07 bits per heavy atom. The summed E-state index contributed by atoms with van der Waals surface area (Å²) >= 11 is 0. The number of hydrogen-bond acceptors (Lipinski definition) is 5. The second-order valence-electron chi connectivity index (χ2n) is 7.28. The maximum atomic E-state index is 12.9. The number of carbonyl (C=O) groups excluding carboxylic acids is 1. The maximum absolute atomic E-state index is 12.9. The van der Waals surface area contributed by atoms with Crippen LogP contribution in [0.1, 0.15) is 30.4 Å². The third-order valence-electron chi connectivity index (χ3n) is 5.49. The van der Waals surface area contributed by atoms with E-state index in [0.717, 1.165) is 47.7 Å². The molecule has 1 aliphatic heterocycles. The van der Waals surface area contributed by atoms with Gasteiger partial charge in [0, 0.05) is 32.1 Å². The molecule has 0 saturated heterocycles. The number of aryl methyl sites for hydroxylation is 3. The van der Waals surface area contributed by atoms with Crippen molar-refractivity contribution in [2.24, 2.45) is 13.0 Å². The van der Waals surface area contributed by atoms with E-state index in [1.165, 1.54) is 0 Å². The van der Waals surface area contributed by atoms with Gasteiger partial charge in [0.2, 0.25) is 11.8 Å². The van der Waals surface area contributed by atoms with Gasteiger partial charge in [-0.05, 0) is 12.8 Å². The predicted molar refractivity (Wildman–Crippen MR) is 108 cm³/mol. The lowest BCUT2D eigenvalue weighted by molar-refractivity contribution is -0.126. The first-order chi connectivity index (χ1) is 14.1. The lowest BCUT2D eigenvalue weighted by Crippen LogP contribution is -2.36. The molecule has 4 rings (SSSR count). The summed E-state index contributed by atoms with van der Waals surface area (Å²) < 4.78 is 9.26. The number of methoxy groups -OCH3 is 1. The molecule has 1 amide bonds. The van der Waals surface area contributed by atoms with Crippen LogP contribution in [0.5, 0.6) is 5.88 Å². The summed E-state index contributed by atoms with van der Waals surface area (Å²) in [7, 11) is 3.48. The number of amides is 1. The molecular formula is C21H26N6O2. The number of hydrogen-bond donors (Lipinski definition) is 1. The van der Waals surface area contributed by atoms with E-state index >= 15 is 0 Å². The molecule has 3 aromatic rings. The van der Waals surface area contributed by atoms with Crippen molar-refractivity contribution >= 4 is 5.91 Å². The van der Waals surface area contributed by atoms with Crippen LogP contribution in [-0.2, 0) is 37.8 Å². The highest BCUT2D eigenvalue weighted by Crippen LogP contribution is 2.26. The van der Waals surface area contributed by atoms with Crippen molar-refractivity contribution in [3.8, 4) is 17.3 Å². The predicted octanol–water partition coefficient (Wildman–Crippen LogP) is 2.13. The zero-order valence-electron chi connectivity index (χ0n) is 17.1. The lowest BCUT2D eigenvalue weighted by Gasteiger charge is -2.23. The van der Waals surface area contributed by atoms with Crippen LogP contribution in [0.3, 0.4) is 0 Å². The summed E-state index contributed by atoms with van der Waals surface area (Å²) in [5, 5.41) is 16.2. The van der Waals surface area contributed by atoms with E-state index in [0.29, 0.717) is 19.0 Å². The monoisotopic (exact) mass is 394 g/mol. The number of nitrogens with zero attached hydrogens (tertiary/aromatic N) is 5. The van der Waals surface area contributed by atoms with Gasteiger partial charge in [0.15, 0.2) is 5.82 Å². The standard InChI is InChI=1S/C21H26N6O2/c1-4-17-16(21(29-3)26(2)25-17)12-22-20(28)15-10-11-18-23-24-19(27(18)13-15)14-8-6-5-7-9-14/h5-9,15H,4,10-13H2,1-3H3,(H,22,28). The van der Waals surface area contributed by atoms with Crippen LogP contribution < -0.4 is 10.1 Å². The molecule has 8 heteroatoms. The van der Waals surface area contributed by atoms with Gasteiger partial charge in [-0.2, -0.15) is 5.10 Å². The van der Waals surface area contributed by atoms with Gasteiger partial charge in [-0.1, -0.05) is 37.3 Å². The second kappa shape index (κ2) is 8.06. The summed E-state index contributed by atoms with van der Waals surface area (Å²) in [6.45, 7) is 3.05. The molecule has 152 valence electrons. The van der Waals surface area contributed by atoms with Gasteiger partial charge in [0.05, 0.1) is 24.3 Å². The van der Waals surface area contributed by atoms with Gasteiger partial charge in [-0.3, -0.25) is 4.79 Å². The first kappa shape index (κ1) is 19.2. The van der Waals surface area contributed by atoms with Crippen molar-refractivity contribution in [1.82, 2.24) is 29.9 Å². The van der Waals surface area contributed by atoms with Crippen molar-refractivity contribution in [2.75, 3.05) is 7.11 Å². The fraction of sp³-hybridized carbons (Fsp3) is 0.429. The maximum Gasteiger partial charge on any atom is 0.225 e. The van der Waals surface area contributed by atoms with Crippen LogP contribution >= 0.6 is 0 Å². The number of ether oxygens (including phenoxy) is 1. The molecule has 29 heavy (non-hydrogen) atoms. The Balaban J connectivity index is 1.48. The van der Waals surface area contributed by atoms with Crippen molar-refractivity contribution in [3.05, 3.63) is 47.4 Å². The Morgan fingerprint density at radius 3 is 2.79 bits per heavy atom. The summed E-state index contributed by atoms with van der Waals surface area (Å²) in [5.74, 6) is 2.37. The third-order valence-corrected chi connectivity index (χ3v) is 5.49. The van der Waals surface area contributed by atoms with Crippen molar-refractivity contribution < 1.29 is 9.53 Å². The molecule has 8 nitrogen and oxygen atoms in total. The normalized spacial score (nSPS) is 15.8. The van der Waals surface area contributed by atoms with Crippen LogP contribution in [0.2, 0.25) is 0 Å². The highest BCUT2D eigenvalue weighted by atomic mass is 16.5. The van der Waals surface area contributed by atoms with Crippen molar-refractivity contribution in [2.45, 2.75) is 39.3 Å². The number of carbonyl (C=O) groups is 1. The van der Waals surface area contributed by atoms with E-state index in [1.54, 1.807) is 11.8 Å². The molecule has 0 aliphatic carbocycles. The number of fused-ring (bicyclic) bond motifs is 1. The highest BCUT2D eigenvalue weighted by molar-refractivity contribution is 5.79. The molecule has 1 unspecified atom stereocenters. The third kappa shape index (κ3) is 3.62. The molecular weight excluding hydrogens is 368 g/mol. The number of benzene rings is 1. The average molecular weight is 394 g/mol. The van der Waals surface area contributed by atoms with E-state index in [1.807, 2.05) is 44.3 Å². The minimum Gasteiger partial charge on any atom is -0.481 e. The highest BCUT2D eigenvalue weighted by Gasteiger charge is 2.28. The lowest BCUT2D eigenvalue weighted by atomic mass is 9.98. The van der Waals surface area contributed by atoms with Crippen LogP contribution in [-0.4, -0.2) is 37.6 Å². The molecule has 0 saturated carbocycles. The molecule has 3 heterocycles. The van der Waals surface area contributed by atoms with Crippen LogP contribution in [0.4, 0.5) is 0 Å². The van der Waals surface area contributed by atoms with Gasteiger partial charge in [-0.25, -0.2) is 4.68 Å². The molecule has 0 fully saturated rings. The SMILES string of the molecule is CCc1nn(C)c(OC)c1CNC(=O)C1CCc2nnc(-c3ccccc3)n2C1. The van der Waals surface area contributed by atoms with Crippen LogP contribution in [0.25, 0.3) is 11.4 Å². The van der Waals surface area contributed by atoms with Gasteiger partial charge in [0.1, 0.15) is 5.82 Å². The number of rotatable bonds is 6. The zero-order valence-corrected chi connectivity index (χ0v) is 17.1. The summed E-state index contributed by atoms with van der Waals surface area (Å²) in [6.07, 6.45) is 2.30. The fourth-order valence-electron chi connectivity index (χ4n) is 3.98. The largest absolute Gasteiger partial charge is 0.481 e. The van der Waals surface area contributed by atoms with E-state index < -0.39 is 0 Å². The molecule has 0 spiro atoms. The fourth-order valence-corrected chi connectivity index (χ4v) is 3.98. The van der Waals surface area contributed by atoms with Crippen molar-refractivity contribution in [1.29, 1.82) is 0 Å². The Kier molecular flexibility index (Phi) is 5.33. The Labute approximate surface area is 169 Å².